The highest BCUT2D eigenvalue weighted by Crippen LogP contribution is 2.38. The fourth-order valence-corrected chi connectivity index (χ4v) is 1.91. The lowest BCUT2D eigenvalue weighted by Gasteiger charge is -2.14. The van der Waals surface area contributed by atoms with E-state index in [4.69, 9.17) is 4.74 Å². The van der Waals surface area contributed by atoms with Gasteiger partial charge in [-0.3, -0.25) is 0 Å². The summed E-state index contributed by atoms with van der Waals surface area (Å²) in [5.41, 5.74) is 0.494. The summed E-state index contributed by atoms with van der Waals surface area (Å²) < 4.78 is 19.3. The first-order chi connectivity index (χ1) is 7.08. The Balaban J connectivity index is 2.38. The van der Waals surface area contributed by atoms with Crippen LogP contribution >= 0.6 is 15.9 Å². The van der Waals surface area contributed by atoms with E-state index in [1.165, 1.54) is 12.1 Å². The van der Waals surface area contributed by atoms with Crippen molar-refractivity contribution in [2.45, 2.75) is 32.0 Å². The number of aliphatic hydroxyl groups is 1. The Hall–Kier alpha value is -0.610. The highest BCUT2D eigenvalue weighted by molar-refractivity contribution is 9.10. The van der Waals surface area contributed by atoms with Gasteiger partial charge in [0.2, 0.25) is 0 Å². The smallest absolute Gasteiger partial charge is 0.139 e. The summed E-state index contributed by atoms with van der Waals surface area (Å²) in [5, 5.41) is 9.52. The van der Waals surface area contributed by atoms with Crippen LogP contribution in [-0.2, 0) is 0 Å². The van der Waals surface area contributed by atoms with Crippen LogP contribution in [0, 0.1) is 5.82 Å². The van der Waals surface area contributed by atoms with Crippen LogP contribution in [0.2, 0.25) is 0 Å². The predicted octanol–water partition coefficient (Wildman–Crippen LogP) is 3.18. The number of hydrogen-bond acceptors (Lipinski definition) is 2. The number of aliphatic hydroxyl groups excluding tert-OH is 1. The number of hydrogen-bond donors (Lipinski definition) is 1. The van der Waals surface area contributed by atoms with Gasteiger partial charge in [-0.1, -0.05) is 0 Å². The second kappa shape index (κ2) is 4.10. The van der Waals surface area contributed by atoms with Crippen LogP contribution in [0.5, 0.6) is 5.75 Å². The van der Waals surface area contributed by atoms with Crippen LogP contribution in [0.15, 0.2) is 16.6 Å². The van der Waals surface area contributed by atoms with Gasteiger partial charge in [-0.25, -0.2) is 4.39 Å². The van der Waals surface area contributed by atoms with Crippen molar-refractivity contribution in [2.75, 3.05) is 0 Å². The minimum Gasteiger partial charge on any atom is -0.489 e. The van der Waals surface area contributed by atoms with Crippen molar-refractivity contribution in [3.63, 3.8) is 0 Å². The van der Waals surface area contributed by atoms with Crippen molar-refractivity contribution in [1.82, 2.24) is 0 Å². The molecule has 1 aromatic rings. The lowest BCUT2D eigenvalue weighted by Crippen LogP contribution is -2.03. The normalized spacial score (nSPS) is 17.6. The molecule has 0 radical (unpaired) electrons. The molecular weight excluding hydrogens is 263 g/mol. The van der Waals surface area contributed by atoms with Crippen molar-refractivity contribution in [1.29, 1.82) is 0 Å². The number of ether oxygens (including phenoxy) is 1. The third-order valence-electron chi connectivity index (χ3n) is 2.30. The fraction of sp³-hybridized carbons (Fsp3) is 0.455. The second-order valence-electron chi connectivity index (χ2n) is 3.80. The second-order valence-corrected chi connectivity index (χ2v) is 4.65. The highest BCUT2D eigenvalue weighted by Gasteiger charge is 2.26. The van der Waals surface area contributed by atoms with Gasteiger partial charge in [-0.2, -0.15) is 0 Å². The predicted molar refractivity (Wildman–Crippen MR) is 58.4 cm³/mol. The molecule has 0 spiro atoms. The van der Waals surface area contributed by atoms with Crippen LogP contribution in [0.25, 0.3) is 0 Å². The molecular formula is C11H12BrFO2. The molecule has 0 heterocycles. The van der Waals surface area contributed by atoms with E-state index >= 15 is 0 Å². The summed E-state index contributed by atoms with van der Waals surface area (Å²) in [6.07, 6.45) is 1.56. The molecule has 1 N–H and O–H groups in total. The minimum absolute atomic E-state index is 0.226. The minimum atomic E-state index is -0.731. The fourth-order valence-electron chi connectivity index (χ4n) is 1.37. The summed E-state index contributed by atoms with van der Waals surface area (Å²) in [4.78, 5) is 0. The maximum atomic E-state index is 13.1. The van der Waals surface area contributed by atoms with Gasteiger partial charge < -0.3 is 9.84 Å². The zero-order valence-corrected chi connectivity index (χ0v) is 9.92. The SMILES string of the molecule is CC(O)c1cc(F)cc(Br)c1OC1CC1. The van der Waals surface area contributed by atoms with E-state index in [1.54, 1.807) is 6.92 Å². The summed E-state index contributed by atoms with van der Waals surface area (Å²) >= 11 is 3.25. The van der Waals surface area contributed by atoms with Gasteiger partial charge in [0, 0.05) is 5.56 Å². The maximum absolute atomic E-state index is 13.1. The molecule has 1 saturated carbocycles. The standard InChI is InChI=1S/C11H12BrFO2/c1-6(14)9-4-7(13)5-10(12)11(9)15-8-2-3-8/h4-6,8,14H,2-3H2,1H3. The summed E-state index contributed by atoms with van der Waals surface area (Å²) in [5.74, 6) is 0.190. The average molecular weight is 275 g/mol. The molecule has 1 atom stereocenters. The van der Waals surface area contributed by atoms with E-state index in [0.717, 1.165) is 12.8 Å². The average Bonchev–Trinajstić information content (AvgIpc) is 2.92. The topological polar surface area (TPSA) is 29.5 Å². The Labute approximate surface area is 96.2 Å². The van der Waals surface area contributed by atoms with Gasteiger partial charge in [0.05, 0.1) is 16.7 Å². The molecule has 0 amide bonds. The summed E-state index contributed by atoms with van der Waals surface area (Å²) in [7, 11) is 0. The molecule has 1 fully saturated rings. The Morgan fingerprint density at radius 2 is 2.20 bits per heavy atom. The first-order valence-electron chi connectivity index (χ1n) is 4.91. The Bertz CT molecular complexity index is 375. The van der Waals surface area contributed by atoms with Crippen LogP contribution in [0.3, 0.4) is 0 Å². The van der Waals surface area contributed by atoms with E-state index in [2.05, 4.69) is 15.9 Å². The van der Waals surface area contributed by atoms with Crippen molar-refractivity contribution < 1.29 is 14.2 Å². The molecule has 0 aromatic heterocycles. The van der Waals surface area contributed by atoms with Gasteiger partial charge in [0.25, 0.3) is 0 Å². The molecule has 1 aliphatic rings. The van der Waals surface area contributed by atoms with Gasteiger partial charge >= 0.3 is 0 Å². The zero-order valence-electron chi connectivity index (χ0n) is 8.34. The molecule has 15 heavy (non-hydrogen) atoms. The van der Waals surface area contributed by atoms with E-state index in [9.17, 15) is 9.50 Å². The third-order valence-corrected chi connectivity index (χ3v) is 2.89. The Morgan fingerprint density at radius 1 is 1.53 bits per heavy atom. The van der Waals surface area contributed by atoms with Crippen LogP contribution in [0.4, 0.5) is 4.39 Å². The molecule has 82 valence electrons. The number of halogens is 2. The number of rotatable bonds is 3. The molecule has 0 saturated heterocycles. The first kappa shape index (κ1) is 10.9. The van der Waals surface area contributed by atoms with Crippen LogP contribution in [0.1, 0.15) is 31.4 Å². The largest absolute Gasteiger partial charge is 0.489 e. The van der Waals surface area contributed by atoms with Crippen LogP contribution in [-0.4, -0.2) is 11.2 Å². The van der Waals surface area contributed by atoms with Crippen molar-refractivity contribution in [3.8, 4) is 5.75 Å². The van der Waals surface area contributed by atoms with Gasteiger partial charge in [0.1, 0.15) is 11.6 Å². The van der Waals surface area contributed by atoms with E-state index < -0.39 is 6.10 Å². The van der Waals surface area contributed by atoms with Gasteiger partial charge in [-0.15, -0.1) is 0 Å². The quantitative estimate of drug-likeness (QED) is 0.918. The molecule has 0 bridgehead atoms. The molecule has 1 unspecified atom stereocenters. The number of benzene rings is 1. The highest BCUT2D eigenvalue weighted by atomic mass is 79.9. The molecule has 2 rings (SSSR count). The maximum Gasteiger partial charge on any atom is 0.139 e. The zero-order chi connectivity index (χ0) is 11.0. The van der Waals surface area contributed by atoms with E-state index in [1.807, 2.05) is 0 Å². The van der Waals surface area contributed by atoms with E-state index in [-0.39, 0.29) is 11.9 Å². The molecule has 1 aromatic carbocycles. The summed E-state index contributed by atoms with van der Waals surface area (Å²) in [6, 6.07) is 2.66. The van der Waals surface area contributed by atoms with E-state index in [0.29, 0.717) is 15.8 Å². The lowest BCUT2D eigenvalue weighted by atomic mass is 10.1. The molecule has 0 aliphatic heterocycles. The summed E-state index contributed by atoms with van der Waals surface area (Å²) in [6.45, 7) is 1.60. The first-order valence-corrected chi connectivity index (χ1v) is 5.71. The third kappa shape index (κ3) is 2.49. The van der Waals surface area contributed by atoms with Crippen molar-refractivity contribution in [3.05, 3.63) is 28.0 Å². The Kier molecular flexibility index (Phi) is 2.98. The van der Waals surface area contributed by atoms with Crippen molar-refractivity contribution in [2.24, 2.45) is 0 Å². The monoisotopic (exact) mass is 274 g/mol. The molecule has 4 heteroatoms. The molecule has 2 nitrogen and oxygen atoms in total. The van der Waals surface area contributed by atoms with Crippen molar-refractivity contribution >= 4 is 15.9 Å². The lowest BCUT2D eigenvalue weighted by molar-refractivity contribution is 0.189. The molecule has 1 aliphatic carbocycles. The van der Waals surface area contributed by atoms with Gasteiger partial charge in [0.15, 0.2) is 0 Å². The Morgan fingerprint density at radius 3 is 2.73 bits per heavy atom. The van der Waals surface area contributed by atoms with Gasteiger partial charge in [-0.05, 0) is 47.8 Å². The van der Waals surface area contributed by atoms with Crippen LogP contribution < -0.4 is 4.74 Å².